The van der Waals surface area contributed by atoms with Crippen LogP contribution < -0.4 is 0 Å². The van der Waals surface area contributed by atoms with Crippen LogP contribution in [0, 0.1) is 12.3 Å². The van der Waals surface area contributed by atoms with Crippen LogP contribution in [0.5, 0.6) is 0 Å². The number of aliphatic hydroxyl groups is 1. The molecule has 1 fully saturated rings. The molecule has 120 valence electrons. The first-order valence-corrected chi connectivity index (χ1v) is 7.93. The fraction of sp³-hybridized carbons (Fsp3) is 0.529. The number of hydrogen-bond acceptors (Lipinski definition) is 4. The third-order valence-electron chi connectivity index (χ3n) is 3.75. The zero-order chi connectivity index (χ0) is 15.8. The number of benzene rings is 1. The smallest absolute Gasteiger partial charge is 0.107 e. The minimum absolute atomic E-state index is 0.256. The van der Waals surface area contributed by atoms with Gasteiger partial charge in [0.1, 0.15) is 6.61 Å². The topological polar surface area (TPSA) is 35.9 Å². The predicted octanol–water partition coefficient (Wildman–Crippen LogP) is 1.47. The lowest BCUT2D eigenvalue weighted by atomic mass is 10.2. The molecule has 1 aromatic carbocycles. The Morgan fingerprint density at radius 3 is 2.45 bits per heavy atom. The van der Waals surface area contributed by atoms with E-state index >= 15 is 0 Å². The van der Waals surface area contributed by atoms with Crippen LogP contribution in [0.4, 0.5) is 0 Å². The van der Waals surface area contributed by atoms with Crippen molar-refractivity contribution in [3.05, 3.63) is 34.9 Å². The zero-order valence-corrected chi connectivity index (χ0v) is 13.5. The molecule has 1 aliphatic rings. The lowest BCUT2D eigenvalue weighted by Gasteiger charge is -2.35. The summed E-state index contributed by atoms with van der Waals surface area (Å²) in [4.78, 5) is 4.68. The Bertz CT molecular complexity index is 478. The second-order valence-corrected chi connectivity index (χ2v) is 6.01. The van der Waals surface area contributed by atoms with Crippen LogP contribution in [0.15, 0.2) is 24.3 Å². The maximum Gasteiger partial charge on any atom is 0.107 e. The molecule has 2 rings (SSSR count). The number of halogens is 1. The number of β-amino-alcohol motifs (C(OH)–C–C–N with tert-alkyl or cyclic N) is 1. The molecule has 1 unspecified atom stereocenters. The first-order chi connectivity index (χ1) is 10.7. The van der Waals surface area contributed by atoms with Gasteiger partial charge in [0.15, 0.2) is 0 Å². The third kappa shape index (κ3) is 5.96. The van der Waals surface area contributed by atoms with E-state index in [4.69, 9.17) is 22.8 Å². The number of rotatable bonds is 7. The maximum absolute atomic E-state index is 9.89. The lowest BCUT2D eigenvalue weighted by molar-refractivity contribution is 0.0154. The molecule has 1 saturated heterocycles. The van der Waals surface area contributed by atoms with Gasteiger partial charge in [-0.15, -0.1) is 6.42 Å². The number of aliphatic hydroxyl groups excluding tert-OH is 1. The third-order valence-corrected chi connectivity index (χ3v) is 4.00. The van der Waals surface area contributed by atoms with Crippen LogP contribution in [0.25, 0.3) is 0 Å². The molecule has 1 heterocycles. The average Bonchev–Trinajstić information content (AvgIpc) is 2.52. The van der Waals surface area contributed by atoms with Gasteiger partial charge in [0.25, 0.3) is 0 Å². The number of nitrogens with zero attached hydrogens (tertiary/aromatic N) is 2. The number of ether oxygens (including phenoxy) is 1. The van der Waals surface area contributed by atoms with E-state index in [-0.39, 0.29) is 6.61 Å². The minimum atomic E-state index is -0.476. The zero-order valence-electron chi connectivity index (χ0n) is 12.7. The number of hydrogen-bond donors (Lipinski definition) is 1. The normalized spacial score (nSPS) is 18.0. The van der Waals surface area contributed by atoms with E-state index in [1.165, 1.54) is 5.56 Å². The summed E-state index contributed by atoms with van der Waals surface area (Å²) in [7, 11) is 0. The number of terminal acetylenes is 1. The van der Waals surface area contributed by atoms with Gasteiger partial charge in [-0.1, -0.05) is 29.7 Å². The van der Waals surface area contributed by atoms with Crippen molar-refractivity contribution in [2.45, 2.75) is 12.6 Å². The minimum Gasteiger partial charge on any atom is -0.389 e. The summed E-state index contributed by atoms with van der Waals surface area (Å²) in [6.45, 7) is 6.06. The Morgan fingerprint density at radius 1 is 1.18 bits per heavy atom. The van der Waals surface area contributed by atoms with E-state index < -0.39 is 6.10 Å². The first-order valence-electron chi connectivity index (χ1n) is 7.56. The van der Waals surface area contributed by atoms with Crippen LogP contribution in [0.3, 0.4) is 0 Å². The summed E-state index contributed by atoms with van der Waals surface area (Å²) in [6, 6.07) is 8.00. The summed E-state index contributed by atoms with van der Waals surface area (Å²) in [5.41, 5.74) is 1.28. The fourth-order valence-corrected chi connectivity index (χ4v) is 2.71. The van der Waals surface area contributed by atoms with Crippen LogP contribution in [0.2, 0.25) is 5.02 Å². The molecule has 0 spiro atoms. The summed E-state index contributed by atoms with van der Waals surface area (Å²) in [6.07, 6.45) is 4.63. The van der Waals surface area contributed by atoms with Crippen molar-refractivity contribution in [1.29, 1.82) is 0 Å². The Balaban J connectivity index is 1.67. The first kappa shape index (κ1) is 17.3. The van der Waals surface area contributed by atoms with Gasteiger partial charge in [-0.2, -0.15) is 0 Å². The van der Waals surface area contributed by atoms with E-state index in [9.17, 15) is 5.11 Å². The predicted molar refractivity (Wildman–Crippen MR) is 88.8 cm³/mol. The van der Waals surface area contributed by atoms with Gasteiger partial charge in [-0.05, 0) is 17.7 Å². The summed E-state index contributed by atoms with van der Waals surface area (Å²) < 4.78 is 5.16. The fourth-order valence-electron chi connectivity index (χ4n) is 2.58. The van der Waals surface area contributed by atoms with Gasteiger partial charge in [-0.25, -0.2) is 0 Å². The quantitative estimate of drug-likeness (QED) is 0.609. The molecule has 0 saturated carbocycles. The molecule has 0 radical (unpaired) electrons. The van der Waals surface area contributed by atoms with Crippen LogP contribution in [-0.2, 0) is 11.3 Å². The van der Waals surface area contributed by atoms with Gasteiger partial charge >= 0.3 is 0 Å². The Kier molecular flexibility index (Phi) is 7.17. The monoisotopic (exact) mass is 322 g/mol. The molecule has 0 aliphatic carbocycles. The molecule has 1 atom stereocenters. The van der Waals surface area contributed by atoms with Crippen LogP contribution in [0.1, 0.15) is 5.56 Å². The van der Waals surface area contributed by atoms with E-state index in [1.54, 1.807) is 0 Å². The van der Waals surface area contributed by atoms with Gasteiger partial charge in [0.05, 0.1) is 12.7 Å². The highest BCUT2D eigenvalue weighted by atomic mass is 35.5. The molecule has 1 aromatic rings. The molecular weight excluding hydrogens is 300 g/mol. The molecule has 1 N–H and O–H groups in total. The van der Waals surface area contributed by atoms with Crippen LogP contribution >= 0.6 is 11.6 Å². The van der Waals surface area contributed by atoms with Gasteiger partial charge in [-0.3, -0.25) is 9.80 Å². The van der Waals surface area contributed by atoms with Crippen LogP contribution in [-0.4, -0.2) is 66.9 Å². The SMILES string of the molecule is C#CCOCC(O)CN1CCN(Cc2ccc(Cl)cc2)CC1. The van der Waals surface area contributed by atoms with Crippen molar-refractivity contribution >= 4 is 11.6 Å². The second-order valence-electron chi connectivity index (χ2n) is 5.58. The number of piperazine rings is 1. The largest absolute Gasteiger partial charge is 0.389 e. The van der Waals surface area contributed by atoms with Crippen molar-refractivity contribution in [2.24, 2.45) is 0 Å². The van der Waals surface area contributed by atoms with Crippen molar-refractivity contribution < 1.29 is 9.84 Å². The highest BCUT2D eigenvalue weighted by Gasteiger charge is 2.19. The van der Waals surface area contributed by atoms with E-state index in [2.05, 4.69) is 27.9 Å². The second kappa shape index (κ2) is 9.14. The van der Waals surface area contributed by atoms with E-state index in [1.807, 2.05) is 12.1 Å². The lowest BCUT2D eigenvalue weighted by Crippen LogP contribution is -2.48. The molecule has 0 bridgehead atoms. The summed E-state index contributed by atoms with van der Waals surface area (Å²) in [5, 5.41) is 10.7. The van der Waals surface area contributed by atoms with Crippen molar-refractivity contribution in [2.75, 3.05) is 45.9 Å². The molecule has 22 heavy (non-hydrogen) atoms. The average molecular weight is 323 g/mol. The highest BCUT2D eigenvalue weighted by molar-refractivity contribution is 6.30. The molecule has 1 aliphatic heterocycles. The van der Waals surface area contributed by atoms with Crippen molar-refractivity contribution in [3.8, 4) is 12.3 Å². The molecule has 0 aromatic heterocycles. The molecule has 0 amide bonds. The maximum atomic E-state index is 9.89. The van der Waals surface area contributed by atoms with Gasteiger partial charge in [0, 0.05) is 44.3 Å². The highest BCUT2D eigenvalue weighted by Crippen LogP contribution is 2.13. The molecular formula is C17H23ClN2O2. The molecule has 4 nitrogen and oxygen atoms in total. The molecule has 5 heteroatoms. The van der Waals surface area contributed by atoms with Crippen molar-refractivity contribution in [3.63, 3.8) is 0 Å². The summed E-state index contributed by atoms with van der Waals surface area (Å²) in [5.74, 6) is 2.40. The van der Waals surface area contributed by atoms with E-state index in [0.29, 0.717) is 13.2 Å². The van der Waals surface area contributed by atoms with E-state index in [0.717, 1.165) is 37.7 Å². The summed E-state index contributed by atoms with van der Waals surface area (Å²) >= 11 is 5.90. The van der Waals surface area contributed by atoms with Crippen molar-refractivity contribution in [1.82, 2.24) is 9.80 Å². The Hall–Kier alpha value is -1.09. The standard InChI is InChI=1S/C17H23ClN2O2/c1-2-11-22-14-17(21)13-20-9-7-19(8-10-20)12-15-3-5-16(18)6-4-15/h1,3-6,17,21H,7-14H2. The van der Waals surface area contributed by atoms with Gasteiger partial charge in [0.2, 0.25) is 0 Å². The van der Waals surface area contributed by atoms with Gasteiger partial charge < -0.3 is 9.84 Å². The Morgan fingerprint density at radius 2 is 1.82 bits per heavy atom. The Labute approximate surface area is 137 Å².